The number of benzene rings is 4. The zero-order valence-electron chi connectivity index (χ0n) is 42.4. The number of halogens is 6. The first-order valence-electron chi connectivity index (χ1n) is 23.8. The Bertz CT molecular complexity index is 2830. The lowest BCUT2D eigenvalue weighted by atomic mass is 9.98. The SMILES string of the molecule is CCOC(=O)C(C)(C)Oc1ccc(OC(c2sc(-c3ccc(C(F)(F)F)cc3)nc2C)C2CCCC2)cc1C.CCOC(=O)C(C)(C)Oc1ccc(OCc2sc(-c3ccc(C(F)(F)F)cc3)nc2C)cc1C. The Balaban J connectivity index is 0.000000241. The van der Waals surface area contributed by atoms with Crippen LogP contribution in [0.2, 0.25) is 0 Å². The summed E-state index contributed by atoms with van der Waals surface area (Å²) in [4.78, 5) is 35.4. The van der Waals surface area contributed by atoms with E-state index < -0.39 is 46.6 Å². The summed E-state index contributed by atoms with van der Waals surface area (Å²) < 4.78 is 112. The Morgan fingerprint density at radius 3 is 1.51 bits per heavy atom. The number of thiazole rings is 2. The molecule has 2 heterocycles. The Labute approximate surface area is 430 Å². The van der Waals surface area contributed by atoms with Crippen molar-refractivity contribution in [3.8, 4) is 44.1 Å². The third-order valence-electron chi connectivity index (χ3n) is 11.9. The third kappa shape index (κ3) is 14.6. The first-order chi connectivity index (χ1) is 34.3. The molecule has 0 N–H and O–H groups in total. The molecular weight excluding hydrogens is 995 g/mol. The molecule has 0 amide bonds. The molecule has 73 heavy (non-hydrogen) atoms. The summed E-state index contributed by atoms with van der Waals surface area (Å²) >= 11 is 2.84. The summed E-state index contributed by atoms with van der Waals surface area (Å²) in [6.45, 7) is 18.4. The molecule has 1 unspecified atom stereocenters. The molecule has 2 aromatic heterocycles. The van der Waals surface area contributed by atoms with Gasteiger partial charge in [-0.05, 0) is 154 Å². The van der Waals surface area contributed by atoms with Gasteiger partial charge in [0.25, 0.3) is 0 Å². The summed E-state index contributed by atoms with van der Waals surface area (Å²) in [5.74, 6) is 1.83. The van der Waals surface area contributed by atoms with E-state index in [4.69, 9.17) is 33.4 Å². The Morgan fingerprint density at radius 2 is 1.05 bits per heavy atom. The molecule has 7 rings (SSSR count). The van der Waals surface area contributed by atoms with Crippen LogP contribution >= 0.6 is 22.7 Å². The van der Waals surface area contributed by atoms with Crippen molar-refractivity contribution in [2.75, 3.05) is 13.2 Å². The average Bonchev–Trinajstić information content (AvgIpc) is 4.10. The van der Waals surface area contributed by atoms with Gasteiger partial charge in [0.1, 0.15) is 45.7 Å². The van der Waals surface area contributed by atoms with E-state index in [1.54, 1.807) is 59.7 Å². The number of hydrogen-bond acceptors (Lipinski definition) is 12. The highest BCUT2D eigenvalue weighted by atomic mass is 32.1. The molecule has 0 spiro atoms. The number of nitrogens with zero attached hydrogens (tertiary/aromatic N) is 2. The minimum absolute atomic E-state index is 0.227. The minimum Gasteiger partial charge on any atom is -0.488 e. The summed E-state index contributed by atoms with van der Waals surface area (Å²) in [6.07, 6.45) is -4.65. The molecule has 1 fully saturated rings. The number of rotatable bonds is 17. The van der Waals surface area contributed by atoms with Crippen molar-refractivity contribution in [1.82, 2.24) is 9.97 Å². The van der Waals surface area contributed by atoms with Crippen LogP contribution in [0, 0.1) is 33.6 Å². The van der Waals surface area contributed by atoms with Crippen LogP contribution in [0.25, 0.3) is 21.1 Å². The average molecular weight is 1060 g/mol. The van der Waals surface area contributed by atoms with Crippen molar-refractivity contribution < 1.29 is 64.4 Å². The van der Waals surface area contributed by atoms with Crippen molar-refractivity contribution in [3.05, 3.63) is 128 Å². The molecule has 10 nitrogen and oxygen atoms in total. The van der Waals surface area contributed by atoms with E-state index >= 15 is 0 Å². The maximum atomic E-state index is 13.0. The minimum atomic E-state index is -4.38. The van der Waals surface area contributed by atoms with Gasteiger partial charge in [0.2, 0.25) is 0 Å². The fourth-order valence-corrected chi connectivity index (χ4v) is 10.1. The lowest BCUT2D eigenvalue weighted by Gasteiger charge is -2.27. The summed E-state index contributed by atoms with van der Waals surface area (Å²) in [7, 11) is 0. The predicted octanol–water partition coefficient (Wildman–Crippen LogP) is 15.2. The largest absolute Gasteiger partial charge is 0.488 e. The molecule has 0 aliphatic heterocycles. The quantitative estimate of drug-likeness (QED) is 0.0646. The lowest BCUT2D eigenvalue weighted by Crippen LogP contribution is -2.39. The smallest absolute Gasteiger partial charge is 0.416 e. The highest BCUT2D eigenvalue weighted by molar-refractivity contribution is 7.15. The third-order valence-corrected chi connectivity index (χ3v) is 14.4. The number of hydrogen-bond donors (Lipinski definition) is 0. The molecule has 0 saturated heterocycles. The highest BCUT2D eigenvalue weighted by Crippen LogP contribution is 2.45. The summed E-state index contributed by atoms with van der Waals surface area (Å²) in [5, 5.41) is 1.30. The molecule has 0 radical (unpaired) electrons. The first kappa shape index (κ1) is 56.2. The van der Waals surface area contributed by atoms with Crippen LogP contribution in [0.15, 0.2) is 84.9 Å². The van der Waals surface area contributed by atoms with Gasteiger partial charge < -0.3 is 28.4 Å². The van der Waals surface area contributed by atoms with Crippen LogP contribution in [0.5, 0.6) is 23.0 Å². The number of aryl methyl sites for hydroxylation is 4. The van der Waals surface area contributed by atoms with Crippen LogP contribution < -0.4 is 18.9 Å². The molecule has 1 saturated carbocycles. The molecule has 1 aliphatic carbocycles. The number of carbonyl (C=O) groups excluding carboxylic acids is 2. The fraction of sp³-hybridized carbons (Fsp3) is 0.418. The van der Waals surface area contributed by atoms with Crippen molar-refractivity contribution in [3.63, 3.8) is 0 Å². The normalized spacial score (nSPS) is 13.7. The summed E-state index contributed by atoms with van der Waals surface area (Å²) in [6, 6.07) is 20.9. The van der Waals surface area contributed by atoms with Crippen molar-refractivity contribution in [2.24, 2.45) is 5.92 Å². The Morgan fingerprint density at radius 1 is 0.616 bits per heavy atom. The van der Waals surface area contributed by atoms with Crippen LogP contribution in [0.4, 0.5) is 26.3 Å². The van der Waals surface area contributed by atoms with E-state index in [1.165, 1.54) is 46.9 Å². The van der Waals surface area contributed by atoms with Gasteiger partial charge in [-0.2, -0.15) is 26.3 Å². The summed E-state index contributed by atoms with van der Waals surface area (Å²) in [5.41, 5.74) is 0.821. The number of esters is 2. The van der Waals surface area contributed by atoms with Gasteiger partial charge >= 0.3 is 24.3 Å². The van der Waals surface area contributed by atoms with Gasteiger partial charge in [0.15, 0.2) is 11.2 Å². The molecule has 392 valence electrons. The Kier molecular flexibility index (Phi) is 18.0. The van der Waals surface area contributed by atoms with Crippen molar-refractivity contribution >= 4 is 34.6 Å². The van der Waals surface area contributed by atoms with Crippen LogP contribution in [-0.2, 0) is 38.0 Å². The number of carbonyl (C=O) groups is 2. The van der Waals surface area contributed by atoms with E-state index in [9.17, 15) is 35.9 Å². The van der Waals surface area contributed by atoms with E-state index in [1.807, 2.05) is 45.9 Å². The molecular formula is C55H60F6N2O8S2. The highest BCUT2D eigenvalue weighted by Gasteiger charge is 2.36. The molecule has 4 aromatic carbocycles. The molecule has 1 aliphatic rings. The van der Waals surface area contributed by atoms with Crippen LogP contribution in [0.1, 0.15) is 117 Å². The monoisotopic (exact) mass is 1050 g/mol. The molecule has 6 aromatic rings. The van der Waals surface area contributed by atoms with Gasteiger partial charge in [0.05, 0.1) is 45.5 Å². The number of ether oxygens (including phenoxy) is 6. The van der Waals surface area contributed by atoms with Gasteiger partial charge in [-0.1, -0.05) is 37.1 Å². The number of alkyl halides is 6. The van der Waals surface area contributed by atoms with Gasteiger partial charge in [-0.15, -0.1) is 22.7 Å². The number of aromatic nitrogens is 2. The van der Waals surface area contributed by atoms with E-state index in [2.05, 4.69) is 4.98 Å². The first-order valence-corrected chi connectivity index (χ1v) is 25.4. The van der Waals surface area contributed by atoms with Crippen LogP contribution in [-0.4, -0.2) is 46.3 Å². The Hall–Kier alpha value is -6.14. The van der Waals surface area contributed by atoms with Crippen molar-refractivity contribution in [2.45, 2.75) is 131 Å². The maximum Gasteiger partial charge on any atom is 0.416 e. The molecule has 0 bridgehead atoms. The zero-order valence-corrected chi connectivity index (χ0v) is 44.1. The van der Waals surface area contributed by atoms with E-state index in [-0.39, 0.29) is 25.9 Å². The van der Waals surface area contributed by atoms with E-state index in [0.29, 0.717) is 50.1 Å². The lowest BCUT2D eigenvalue weighted by molar-refractivity contribution is -0.159. The van der Waals surface area contributed by atoms with Crippen molar-refractivity contribution in [1.29, 1.82) is 0 Å². The second-order valence-electron chi connectivity index (χ2n) is 18.5. The standard InChI is InChI=1S/C30H34F3NO4S.C25H26F3NO4S/c1-6-36-28(35)29(4,5)38-24-16-15-23(17-18(24)2)37-25(20-9-7-8-10-20)26-19(3)34-27(39-26)21-11-13-22(14-12-21)30(31,32)33;1-6-31-23(30)24(4,5)33-20-12-11-19(13-15(20)2)32-14-21-16(3)29-22(34-21)17-7-9-18(10-8-17)25(26,27)28/h11-17,20,25H,6-10H2,1-5H3;7-13H,6,14H2,1-5H3. The van der Waals surface area contributed by atoms with Gasteiger partial charge in [-0.25, -0.2) is 19.6 Å². The predicted molar refractivity (Wildman–Crippen MR) is 269 cm³/mol. The van der Waals surface area contributed by atoms with Gasteiger partial charge in [-0.3, -0.25) is 0 Å². The molecule has 1 atom stereocenters. The van der Waals surface area contributed by atoms with E-state index in [0.717, 1.165) is 82.2 Å². The second kappa shape index (κ2) is 23.4. The van der Waals surface area contributed by atoms with Crippen LogP contribution in [0.3, 0.4) is 0 Å². The fourth-order valence-electron chi connectivity index (χ4n) is 7.88. The topological polar surface area (TPSA) is 115 Å². The zero-order chi connectivity index (χ0) is 53.5. The molecule has 18 heteroatoms. The maximum absolute atomic E-state index is 13.0. The second-order valence-corrected chi connectivity index (χ2v) is 20.7. The van der Waals surface area contributed by atoms with Gasteiger partial charge in [0, 0.05) is 17.0 Å².